The van der Waals surface area contributed by atoms with E-state index < -0.39 is 28.4 Å². The zero-order chi connectivity index (χ0) is 31.4. The number of benzene rings is 1. The highest BCUT2D eigenvalue weighted by Gasteiger charge is 2.76. The van der Waals surface area contributed by atoms with Gasteiger partial charge in [0.25, 0.3) is 0 Å². The number of amides is 1. The molecular weight excluding hydrogens is 609 g/mol. The lowest BCUT2D eigenvalue weighted by Gasteiger charge is -2.71. The van der Waals surface area contributed by atoms with E-state index >= 15 is 4.39 Å². The lowest BCUT2D eigenvalue weighted by molar-refractivity contribution is -0.168. The van der Waals surface area contributed by atoms with Gasteiger partial charge in [-0.1, -0.05) is 55.8 Å². The number of thiophene rings is 1. The van der Waals surface area contributed by atoms with E-state index in [0.29, 0.717) is 19.5 Å². The van der Waals surface area contributed by atoms with Crippen molar-refractivity contribution in [3.05, 3.63) is 80.8 Å². The van der Waals surface area contributed by atoms with Crippen LogP contribution in [0.15, 0.2) is 59.5 Å². The predicted molar refractivity (Wildman–Crippen MR) is 173 cm³/mol. The number of ketones is 1. The summed E-state index contributed by atoms with van der Waals surface area (Å²) in [5.41, 5.74) is -1.05. The molecule has 0 unspecified atom stereocenters. The van der Waals surface area contributed by atoms with Crippen molar-refractivity contribution in [1.82, 2.24) is 4.90 Å². The molecule has 2 aromatic rings. The molecule has 1 saturated heterocycles. The number of rotatable bonds is 6. The average Bonchev–Trinajstić information content (AvgIpc) is 3.71. The Hall–Kier alpha value is -2.48. The molecule has 6 aliphatic carbocycles. The third-order valence-corrected chi connectivity index (χ3v) is 14.9. The van der Waals surface area contributed by atoms with Gasteiger partial charge in [0, 0.05) is 50.2 Å². The summed E-state index contributed by atoms with van der Waals surface area (Å²) in [6.07, 6.45) is 12.5. The number of allylic oxidation sites excluding steroid dienone is 4. The van der Waals surface area contributed by atoms with Gasteiger partial charge >= 0.3 is 6.09 Å². The minimum Gasteiger partial charge on any atom is -0.440 e. The third kappa shape index (κ3) is 3.93. The summed E-state index contributed by atoms with van der Waals surface area (Å²) in [7, 11) is 0. The maximum Gasteiger partial charge on any atom is 0.410 e. The molecule has 1 aromatic heterocycles. The van der Waals surface area contributed by atoms with E-state index in [0.717, 1.165) is 50.5 Å². The number of hydrogen-bond donors (Lipinski definition) is 1. The highest BCUT2D eigenvalue weighted by molar-refractivity contribution is 7.09. The van der Waals surface area contributed by atoms with Crippen molar-refractivity contribution in [3.8, 4) is 0 Å². The predicted octanol–water partition coefficient (Wildman–Crippen LogP) is 7.95. The average molecular weight is 650 g/mol. The molecule has 7 aliphatic rings. The summed E-state index contributed by atoms with van der Waals surface area (Å²) in [6.45, 7) is 5.88. The van der Waals surface area contributed by atoms with E-state index in [2.05, 4.69) is 43.5 Å². The van der Waals surface area contributed by atoms with Gasteiger partial charge in [-0.3, -0.25) is 4.79 Å². The number of carbonyl (C=O) groups excluding carboxylic acids is 2. The molecule has 1 aromatic carbocycles. The number of nitrogens with zero attached hydrogens (tertiary/aromatic N) is 1. The smallest absolute Gasteiger partial charge is 0.410 e. The maximum absolute atomic E-state index is 15.0. The van der Waals surface area contributed by atoms with Crippen LogP contribution < -0.4 is 0 Å². The number of aliphatic hydroxyl groups excluding tert-OH is 1. The zero-order valence-electron chi connectivity index (χ0n) is 26.0. The number of Topliss-reactive ketones (excluding diaryl/α,β-unsaturated/α-hetero) is 1. The van der Waals surface area contributed by atoms with Crippen molar-refractivity contribution in [3.63, 3.8) is 0 Å². The number of fused-ring (bicyclic) bond motifs is 2. The Labute approximate surface area is 273 Å². The highest BCUT2D eigenvalue weighted by Crippen LogP contribution is 2.79. The van der Waals surface area contributed by atoms with E-state index in [1.807, 2.05) is 11.0 Å². The molecule has 2 heterocycles. The molecule has 5 nitrogen and oxygen atoms in total. The van der Waals surface area contributed by atoms with Crippen molar-refractivity contribution >= 4 is 34.8 Å². The lowest BCUT2D eigenvalue weighted by Crippen LogP contribution is -2.67. The SMILES string of the molecule is C[C@]12CC[C@H]3[C@]4(C=C[C@@]5(C=C4C(=O)Cc4c(F)cccc4Cl)C[C@@H](O)CC[C@]35C)[C@@H]1CC[C@@]21CN(CCc2cccs2)C(=O)O1. The van der Waals surface area contributed by atoms with Crippen molar-refractivity contribution in [2.24, 2.45) is 33.5 Å². The zero-order valence-corrected chi connectivity index (χ0v) is 27.6. The van der Waals surface area contributed by atoms with E-state index in [4.69, 9.17) is 16.3 Å². The molecule has 45 heavy (non-hydrogen) atoms. The second-order valence-corrected chi connectivity index (χ2v) is 16.6. The van der Waals surface area contributed by atoms with Crippen molar-refractivity contribution < 1.29 is 23.8 Å². The Morgan fingerprint density at radius 2 is 1.87 bits per heavy atom. The van der Waals surface area contributed by atoms with E-state index in [1.165, 1.54) is 10.9 Å². The Morgan fingerprint density at radius 3 is 2.64 bits per heavy atom. The van der Waals surface area contributed by atoms with Crippen LogP contribution in [0.4, 0.5) is 9.18 Å². The van der Waals surface area contributed by atoms with Gasteiger partial charge in [0.2, 0.25) is 0 Å². The molecule has 3 saturated carbocycles. The Morgan fingerprint density at radius 1 is 1.09 bits per heavy atom. The van der Waals surface area contributed by atoms with Crippen LogP contribution in [0.5, 0.6) is 0 Å². The molecular formula is C37H41ClFNO4S. The molecule has 1 amide bonds. The first-order valence-electron chi connectivity index (χ1n) is 16.6. The van der Waals surface area contributed by atoms with Gasteiger partial charge in [0.05, 0.1) is 12.6 Å². The van der Waals surface area contributed by atoms with Gasteiger partial charge in [-0.15, -0.1) is 11.3 Å². The highest BCUT2D eigenvalue weighted by atomic mass is 35.5. The van der Waals surface area contributed by atoms with Gasteiger partial charge in [0.1, 0.15) is 11.4 Å². The fourth-order valence-electron chi connectivity index (χ4n) is 11.3. The van der Waals surface area contributed by atoms with Crippen molar-refractivity contribution in [2.45, 2.75) is 83.3 Å². The number of aliphatic hydroxyl groups is 1. The molecule has 2 bridgehead atoms. The Bertz CT molecular complexity index is 1620. The largest absolute Gasteiger partial charge is 0.440 e. The molecule has 9 rings (SSSR count). The maximum atomic E-state index is 15.0. The lowest BCUT2D eigenvalue weighted by atomic mass is 9.32. The fraction of sp³-hybridized carbons (Fsp3) is 0.568. The van der Waals surface area contributed by atoms with Crippen molar-refractivity contribution in [1.29, 1.82) is 0 Å². The molecule has 8 atom stereocenters. The number of ether oxygens (including phenoxy) is 1. The summed E-state index contributed by atoms with van der Waals surface area (Å²) in [6, 6.07) is 8.72. The van der Waals surface area contributed by atoms with Gasteiger partial charge in [-0.05, 0) is 92.2 Å². The minimum absolute atomic E-state index is 0.0818. The summed E-state index contributed by atoms with van der Waals surface area (Å²) in [4.78, 5) is 31.2. The minimum atomic E-state index is -0.615. The van der Waals surface area contributed by atoms with Crippen LogP contribution in [0.2, 0.25) is 5.02 Å². The molecule has 1 N–H and O–H groups in total. The van der Waals surface area contributed by atoms with Crippen LogP contribution in [0, 0.1) is 39.3 Å². The summed E-state index contributed by atoms with van der Waals surface area (Å²) >= 11 is 8.15. The van der Waals surface area contributed by atoms with Gasteiger partial charge in [-0.25, -0.2) is 9.18 Å². The molecule has 3 spiro atoms. The van der Waals surface area contributed by atoms with E-state index in [9.17, 15) is 14.7 Å². The second-order valence-electron chi connectivity index (χ2n) is 15.2. The molecule has 0 radical (unpaired) electrons. The Balaban J connectivity index is 1.20. The van der Waals surface area contributed by atoms with Crippen LogP contribution in [0.1, 0.15) is 69.2 Å². The van der Waals surface area contributed by atoms with E-state index in [-0.39, 0.29) is 51.5 Å². The first kappa shape index (κ1) is 29.9. The first-order valence-corrected chi connectivity index (χ1v) is 17.8. The summed E-state index contributed by atoms with van der Waals surface area (Å²) in [5, 5.41) is 13.2. The van der Waals surface area contributed by atoms with Gasteiger partial charge in [-0.2, -0.15) is 0 Å². The number of halogens is 2. The van der Waals surface area contributed by atoms with E-state index in [1.54, 1.807) is 23.5 Å². The topological polar surface area (TPSA) is 66.8 Å². The third-order valence-electron chi connectivity index (χ3n) is 13.6. The quantitative estimate of drug-likeness (QED) is 0.323. The fourth-order valence-corrected chi connectivity index (χ4v) is 12.2. The van der Waals surface area contributed by atoms with Gasteiger partial charge in [0.15, 0.2) is 5.78 Å². The number of carbonyl (C=O) groups is 2. The van der Waals surface area contributed by atoms with Crippen molar-refractivity contribution in [2.75, 3.05) is 13.1 Å². The van der Waals surface area contributed by atoms with Crippen LogP contribution >= 0.6 is 22.9 Å². The Kier molecular flexibility index (Phi) is 6.65. The molecule has 1 aliphatic heterocycles. The molecule has 8 heteroatoms. The normalized spacial score (nSPS) is 41.1. The second kappa shape index (κ2) is 10.0. The van der Waals surface area contributed by atoms with Crippen LogP contribution in [0.25, 0.3) is 0 Å². The summed E-state index contributed by atoms with van der Waals surface area (Å²) in [5.74, 6) is -0.281. The monoisotopic (exact) mass is 649 g/mol. The van der Waals surface area contributed by atoms with Gasteiger partial charge < -0.3 is 14.7 Å². The molecule has 4 fully saturated rings. The van der Waals surface area contributed by atoms with Crippen LogP contribution in [-0.4, -0.2) is 46.7 Å². The number of hydrogen-bond acceptors (Lipinski definition) is 5. The van der Waals surface area contributed by atoms with Crippen LogP contribution in [-0.2, 0) is 22.4 Å². The standard InChI is InChI=1S/C37H41ClFNO4S/c1-33-12-8-23(41)20-35(33)15-16-37(26(21-35)29(42)19-25-27(38)6-3-7-28(25)39)30(33)9-13-34(2)31(37)10-14-36(34)22-40(32(43)44-36)17-11-24-5-4-18-45-24/h3-7,15-16,18,21,23,30-31,41H,8-14,17,19-20,22H2,1-2H3/t23-,30+,31+,33+,34-,35-,36+,37+/m0/s1. The van der Waals surface area contributed by atoms with Crippen LogP contribution in [0.3, 0.4) is 0 Å². The molecule has 238 valence electrons. The summed E-state index contributed by atoms with van der Waals surface area (Å²) < 4.78 is 21.5. The first-order chi connectivity index (χ1) is 21.5.